The van der Waals surface area contributed by atoms with Crippen LogP contribution in [0.4, 0.5) is 0 Å². The van der Waals surface area contributed by atoms with Crippen LogP contribution in [0.2, 0.25) is 0 Å². The van der Waals surface area contributed by atoms with Crippen molar-refractivity contribution < 1.29 is 4.84 Å². The minimum absolute atomic E-state index is 0.434. The van der Waals surface area contributed by atoms with Gasteiger partial charge in [-0.25, -0.2) is 8.75 Å². The third-order valence-electron chi connectivity index (χ3n) is 2.20. The van der Waals surface area contributed by atoms with Gasteiger partial charge in [0.05, 0.1) is 5.69 Å². The van der Waals surface area contributed by atoms with Crippen molar-refractivity contribution in [2.24, 2.45) is 0 Å². The van der Waals surface area contributed by atoms with E-state index in [4.69, 9.17) is 4.84 Å². The topological polar surface area (TPSA) is 53.2 Å². The third kappa shape index (κ3) is 2.53. The molecule has 0 saturated carbocycles. The molecule has 2 aromatic rings. The molecular formula is C12H16N2O3S. The first kappa shape index (κ1) is 14.2. The summed E-state index contributed by atoms with van der Waals surface area (Å²) in [5, 5.41) is 0. The van der Waals surface area contributed by atoms with Gasteiger partial charge in [0, 0.05) is 11.5 Å². The predicted octanol–water partition coefficient (Wildman–Crippen LogP) is 1.45. The summed E-state index contributed by atoms with van der Waals surface area (Å²) in [5.41, 5.74) is 1.14. The maximum absolute atomic E-state index is 11.8. The average Bonchev–Trinajstić information content (AvgIpc) is 2.67. The lowest BCUT2D eigenvalue weighted by molar-refractivity contribution is 0.150. The fourth-order valence-electron chi connectivity index (χ4n) is 1.41. The second kappa shape index (κ2) is 6.20. The van der Waals surface area contributed by atoms with Gasteiger partial charge in [0.25, 0.3) is 0 Å². The second-order valence-electron chi connectivity index (χ2n) is 3.20. The van der Waals surface area contributed by atoms with Gasteiger partial charge in [-0.3, -0.25) is 4.79 Å². The highest BCUT2D eigenvalue weighted by Gasteiger charge is 2.12. The Labute approximate surface area is 109 Å². The molecule has 1 heterocycles. The van der Waals surface area contributed by atoms with Gasteiger partial charge < -0.3 is 4.84 Å². The van der Waals surface area contributed by atoms with Crippen LogP contribution in [0.15, 0.2) is 33.9 Å². The van der Waals surface area contributed by atoms with Crippen molar-refractivity contribution in [3.63, 3.8) is 0 Å². The third-order valence-corrected chi connectivity index (χ3v) is 3.06. The standard InChI is InChI=1S/C10H10N2O3S.C2H6/c1-7-5-3-4-6-8(7)12-9(13)11(15-2)10(14)16-12;1-2/h3-6H,1-2H3;1-2H3. The first-order valence-electron chi connectivity index (χ1n) is 5.61. The quantitative estimate of drug-likeness (QED) is 0.828. The smallest absolute Gasteiger partial charge is 0.379 e. The van der Waals surface area contributed by atoms with E-state index < -0.39 is 10.6 Å². The van der Waals surface area contributed by atoms with Crippen molar-refractivity contribution in [3.8, 4) is 5.69 Å². The average molecular weight is 268 g/mol. The van der Waals surface area contributed by atoms with Crippen LogP contribution in [-0.4, -0.2) is 15.8 Å². The first-order valence-corrected chi connectivity index (χ1v) is 6.38. The van der Waals surface area contributed by atoms with E-state index in [9.17, 15) is 9.59 Å². The molecule has 0 bridgehead atoms. The fraction of sp³-hybridized carbons (Fsp3) is 0.333. The van der Waals surface area contributed by atoms with Crippen molar-refractivity contribution in [3.05, 3.63) is 50.0 Å². The summed E-state index contributed by atoms with van der Waals surface area (Å²) in [7, 11) is 1.29. The maximum atomic E-state index is 11.8. The number of hydrogen-bond donors (Lipinski definition) is 0. The molecule has 1 aromatic heterocycles. The maximum Gasteiger partial charge on any atom is 0.379 e. The fourth-order valence-corrected chi connectivity index (χ4v) is 2.25. The predicted molar refractivity (Wildman–Crippen MR) is 72.8 cm³/mol. The molecule has 0 radical (unpaired) electrons. The molecule has 0 atom stereocenters. The van der Waals surface area contributed by atoms with E-state index in [0.717, 1.165) is 21.8 Å². The number of benzene rings is 1. The van der Waals surface area contributed by atoms with Crippen LogP contribution in [0.3, 0.4) is 0 Å². The monoisotopic (exact) mass is 268 g/mol. The van der Waals surface area contributed by atoms with E-state index in [0.29, 0.717) is 5.69 Å². The molecule has 0 amide bonds. The van der Waals surface area contributed by atoms with Gasteiger partial charge in [0.15, 0.2) is 0 Å². The van der Waals surface area contributed by atoms with E-state index in [-0.39, 0.29) is 0 Å². The van der Waals surface area contributed by atoms with Gasteiger partial charge in [-0.2, -0.15) is 0 Å². The second-order valence-corrected chi connectivity index (χ2v) is 4.09. The Bertz CT molecular complexity index is 625. The summed E-state index contributed by atoms with van der Waals surface area (Å²) in [6.07, 6.45) is 0. The van der Waals surface area contributed by atoms with E-state index in [1.807, 2.05) is 39.0 Å². The highest BCUT2D eigenvalue weighted by Crippen LogP contribution is 2.11. The van der Waals surface area contributed by atoms with E-state index >= 15 is 0 Å². The number of rotatable bonds is 2. The number of nitrogens with zero attached hydrogens (tertiary/aromatic N) is 2. The molecule has 0 aliphatic carbocycles. The number of aromatic nitrogens is 2. The Balaban J connectivity index is 0.000000771. The molecule has 0 spiro atoms. The summed E-state index contributed by atoms with van der Waals surface area (Å²) in [4.78, 5) is 27.5. The highest BCUT2D eigenvalue weighted by molar-refractivity contribution is 7.03. The molecule has 1 aromatic carbocycles. The van der Waals surface area contributed by atoms with E-state index in [1.165, 1.54) is 11.1 Å². The van der Waals surface area contributed by atoms with Gasteiger partial charge >= 0.3 is 10.6 Å². The zero-order chi connectivity index (χ0) is 13.7. The molecule has 6 heteroatoms. The lowest BCUT2D eigenvalue weighted by atomic mass is 10.2. The van der Waals surface area contributed by atoms with Crippen LogP contribution < -0.4 is 15.4 Å². The Hall–Kier alpha value is -1.82. The molecular weight excluding hydrogens is 252 g/mol. The molecule has 0 unspecified atom stereocenters. The lowest BCUT2D eigenvalue weighted by Gasteiger charge is -2.02. The SMILES string of the molecule is CC.COn1c(=O)sn(-c2ccccc2C)c1=O. The van der Waals surface area contributed by atoms with Gasteiger partial charge in [0.1, 0.15) is 7.11 Å². The van der Waals surface area contributed by atoms with Crippen LogP contribution >= 0.6 is 11.5 Å². The molecule has 98 valence electrons. The summed E-state index contributed by atoms with van der Waals surface area (Å²) in [6, 6.07) is 7.35. The molecule has 2 rings (SSSR count). The van der Waals surface area contributed by atoms with Crippen LogP contribution in [0.25, 0.3) is 5.69 Å². The Morgan fingerprint density at radius 3 is 2.28 bits per heavy atom. The van der Waals surface area contributed by atoms with Crippen molar-refractivity contribution in [2.75, 3.05) is 7.11 Å². The van der Waals surface area contributed by atoms with E-state index in [1.54, 1.807) is 6.07 Å². The van der Waals surface area contributed by atoms with Crippen molar-refractivity contribution >= 4 is 11.5 Å². The van der Waals surface area contributed by atoms with Crippen LogP contribution in [0.1, 0.15) is 19.4 Å². The highest BCUT2D eigenvalue weighted by atomic mass is 32.1. The van der Waals surface area contributed by atoms with Crippen LogP contribution in [0.5, 0.6) is 0 Å². The molecule has 18 heavy (non-hydrogen) atoms. The zero-order valence-electron chi connectivity index (χ0n) is 10.8. The lowest BCUT2D eigenvalue weighted by Crippen LogP contribution is -2.32. The largest absolute Gasteiger partial charge is 0.409 e. The number of aryl methyl sites for hydroxylation is 1. The van der Waals surface area contributed by atoms with Gasteiger partial charge in [-0.05, 0) is 18.6 Å². The minimum atomic E-state index is -0.480. The van der Waals surface area contributed by atoms with Crippen molar-refractivity contribution in [1.82, 2.24) is 8.69 Å². The minimum Gasteiger partial charge on any atom is -0.409 e. The molecule has 0 aliphatic heterocycles. The molecule has 0 fully saturated rings. The Kier molecular flexibility index (Phi) is 4.91. The number of para-hydroxylation sites is 1. The molecule has 0 aliphatic rings. The first-order chi connectivity index (χ1) is 8.65. The van der Waals surface area contributed by atoms with Crippen LogP contribution in [0, 0.1) is 6.92 Å². The van der Waals surface area contributed by atoms with Crippen molar-refractivity contribution in [1.29, 1.82) is 0 Å². The van der Waals surface area contributed by atoms with Gasteiger partial charge in [-0.15, -0.1) is 0 Å². The molecule has 0 saturated heterocycles. The van der Waals surface area contributed by atoms with E-state index in [2.05, 4.69) is 0 Å². The Morgan fingerprint density at radius 1 is 1.17 bits per heavy atom. The molecule has 0 N–H and O–H groups in total. The van der Waals surface area contributed by atoms with Gasteiger partial charge in [0.2, 0.25) is 0 Å². The summed E-state index contributed by atoms with van der Waals surface area (Å²) in [6.45, 7) is 5.88. The number of hydrogen-bond acceptors (Lipinski definition) is 4. The summed E-state index contributed by atoms with van der Waals surface area (Å²) >= 11 is 0.819. The summed E-state index contributed by atoms with van der Waals surface area (Å²) in [5.74, 6) is 0. The normalized spacial score (nSPS) is 9.56. The van der Waals surface area contributed by atoms with Crippen molar-refractivity contribution in [2.45, 2.75) is 20.8 Å². The molecule has 5 nitrogen and oxygen atoms in total. The zero-order valence-corrected chi connectivity index (χ0v) is 11.7. The Morgan fingerprint density at radius 2 is 1.78 bits per heavy atom. The summed E-state index contributed by atoms with van der Waals surface area (Å²) < 4.78 is 2.05. The van der Waals surface area contributed by atoms with Gasteiger partial charge in [-0.1, -0.05) is 36.8 Å². The van der Waals surface area contributed by atoms with Crippen LogP contribution in [-0.2, 0) is 0 Å².